The molecule has 0 aliphatic carbocycles. The first-order chi connectivity index (χ1) is 10.4. The maximum absolute atomic E-state index is 11.7. The quantitative estimate of drug-likeness (QED) is 0.428. The molecule has 4 unspecified atom stereocenters. The molecule has 4 atom stereocenters. The summed E-state index contributed by atoms with van der Waals surface area (Å²) in [7, 11) is 0. The summed E-state index contributed by atoms with van der Waals surface area (Å²) in [6, 6.07) is 0. The normalized spacial score (nSPS) is 30.5. The molecule has 0 aromatic carbocycles. The number of carbonyl (C=O) groups is 3. The summed E-state index contributed by atoms with van der Waals surface area (Å²) in [5.74, 6) is -1.34. The number of carbonyl (C=O) groups excluding carboxylic acids is 3. The van der Waals surface area contributed by atoms with Crippen LogP contribution in [0.2, 0.25) is 0 Å². The van der Waals surface area contributed by atoms with Gasteiger partial charge in [-0.15, -0.1) is 0 Å². The van der Waals surface area contributed by atoms with E-state index in [2.05, 4.69) is 0 Å². The van der Waals surface area contributed by atoms with Crippen molar-refractivity contribution in [3.05, 3.63) is 23.8 Å². The van der Waals surface area contributed by atoms with Crippen LogP contribution in [0.3, 0.4) is 0 Å². The van der Waals surface area contributed by atoms with Gasteiger partial charge in [-0.25, -0.2) is 4.79 Å². The van der Waals surface area contributed by atoms with E-state index < -0.39 is 42.3 Å². The van der Waals surface area contributed by atoms with Crippen molar-refractivity contribution < 1.29 is 33.3 Å². The zero-order valence-electron chi connectivity index (χ0n) is 12.6. The first-order valence-corrected chi connectivity index (χ1v) is 6.94. The van der Waals surface area contributed by atoms with Crippen molar-refractivity contribution in [3.63, 3.8) is 0 Å². The highest BCUT2D eigenvalue weighted by molar-refractivity contribution is 5.92. The number of hydrogen-bond acceptors (Lipinski definition) is 7. The third kappa shape index (κ3) is 3.73. The van der Waals surface area contributed by atoms with E-state index in [1.165, 1.54) is 13.8 Å². The fraction of sp³-hybridized carbons (Fsp3) is 0.533. The molecule has 0 radical (unpaired) electrons. The van der Waals surface area contributed by atoms with Gasteiger partial charge in [-0.3, -0.25) is 9.59 Å². The lowest BCUT2D eigenvalue weighted by Gasteiger charge is -2.30. The highest BCUT2D eigenvalue weighted by Gasteiger charge is 2.44. The van der Waals surface area contributed by atoms with Crippen LogP contribution in [0.1, 0.15) is 20.8 Å². The molecule has 120 valence electrons. The predicted molar refractivity (Wildman–Crippen MR) is 73.6 cm³/mol. The number of cyclic esters (lactones) is 1. The molecule has 0 aromatic rings. The van der Waals surface area contributed by atoms with Crippen LogP contribution in [0.15, 0.2) is 23.8 Å². The number of fused-ring (bicyclic) bond motifs is 1. The summed E-state index contributed by atoms with van der Waals surface area (Å²) < 4.78 is 20.9. The average molecular weight is 310 g/mol. The van der Waals surface area contributed by atoms with Gasteiger partial charge in [0.05, 0.1) is 5.57 Å². The summed E-state index contributed by atoms with van der Waals surface area (Å²) in [5, 5.41) is 0. The summed E-state index contributed by atoms with van der Waals surface area (Å²) in [5.41, 5.74) is 0.364. The van der Waals surface area contributed by atoms with Gasteiger partial charge in [-0.2, -0.15) is 0 Å². The van der Waals surface area contributed by atoms with Crippen LogP contribution in [0.5, 0.6) is 0 Å². The molecule has 0 bridgehead atoms. The van der Waals surface area contributed by atoms with Crippen molar-refractivity contribution in [1.29, 1.82) is 0 Å². The average Bonchev–Trinajstić information content (AvgIpc) is 2.69. The summed E-state index contributed by atoms with van der Waals surface area (Å²) in [6.07, 6.45) is 2.59. The Bertz CT molecular complexity index is 534. The van der Waals surface area contributed by atoms with Gasteiger partial charge in [0.15, 0.2) is 6.10 Å². The molecule has 0 saturated carbocycles. The van der Waals surface area contributed by atoms with Gasteiger partial charge in [0.25, 0.3) is 0 Å². The lowest BCUT2D eigenvalue weighted by molar-refractivity contribution is -0.152. The second kappa shape index (κ2) is 6.74. The van der Waals surface area contributed by atoms with Crippen LogP contribution in [0.25, 0.3) is 0 Å². The Labute approximate surface area is 127 Å². The Balaban J connectivity index is 2.13. The van der Waals surface area contributed by atoms with Crippen LogP contribution in [-0.2, 0) is 33.3 Å². The molecule has 1 saturated heterocycles. The zero-order valence-corrected chi connectivity index (χ0v) is 12.6. The Hall–Kier alpha value is -2.15. The molecule has 0 amide bonds. The van der Waals surface area contributed by atoms with E-state index in [1.807, 2.05) is 0 Å². The maximum atomic E-state index is 11.7. The number of rotatable bonds is 4. The molecular weight excluding hydrogens is 292 g/mol. The molecule has 2 aliphatic rings. The van der Waals surface area contributed by atoms with E-state index in [9.17, 15) is 14.4 Å². The Morgan fingerprint density at radius 2 is 2.05 bits per heavy atom. The monoisotopic (exact) mass is 310 g/mol. The van der Waals surface area contributed by atoms with E-state index in [1.54, 1.807) is 25.2 Å². The van der Waals surface area contributed by atoms with Crippen LogP contribution in [0.4, 0.5) is 0 Å². The predicted octanol–water partition coefficient (Wildman–Crippen LogP) is 0.676. The van der Waals surface area contributed by atoms with Crippen molar-refractivity contribution in [3.8, 4) is 0 Å². The fourth-order valence-corrected chi connectivity index (χ4v) is 2.34. The molecule has 7 nitrogen and oxygen atoms in total. The van der Waals surface area contributed by atoms with Gasteiger partial charge < -0.3 is 18.9 Å². The van der Waals surface area contributed by atoms with Crippen molar-refractivity contribution in [2.24, 2.45) is 0 Å². The van der Waals surface area contributed by atoms with Crippen molar-refractivity contribution in [2.45, 2.75) is 45.2 Å². The van der Waals surface area contributed by atoms with E-state index in [0.29, 0.717) is 5.57 Å². The lowest BCUT2D eigenvalue weighted by atomic mass is 9.99. The Morgan fingerprint density at radius 3 is 2.68 bits per heavy atom. The standard InChI is InChI=1S/C15H18O7/c1-8-14-11(15(18)20-8)7-13(21-10(3)17)12(22-14)5-4-6-19-9(2)16/h4-5,7-8,12-14H,6H2,1-3H3. The topological polar surface area (TPSA) is 88.1 Å². The molecule has 0 aromatic heterocycles. The second-order valence-electron chi connectivity index (χ2n) is 5.06. The molecule has 22 heavy (non-hydrogen) atoms. The minimum atomic E-state index is -0.727. The molecular formula is C15H18O7. The molecule has 0 spiro atoms. The summed E-state index contributed by atoms with van der Waals surface area (Å²) in [6.45, 7) is 4.41. The minimum Gasteiger partial charge on any atom is -0.462 e. The largest absolute Gasteiger partial charge is 0.462 e. The summed E-state index contributed by atoms with van der Waals surface area (Å²) in [4.78, 5) is 33.6. The number of esters is 3. The number of ether oxygens (including phenoxy) is 4. The highest BCUT2D eigenvalue weighted by atomic mass is 16.6. The smallest absolute Gasteiger partial charge is 0.337 e. The van der Waals surface area contributed by atoms with Gasteiger partial charge in [-0.1, -0.05) is 6.08 Å². The van der Waals surface area contributed by atoms with Crippen molar-refractivity contribution in [2.75, 3.05) is 6.61 Å². The SMILES string of the molecule is CC(=O)OCC=CC1OC2C(=CC1OC(C)=O)C(=O)OC2C. The Kier molecular flexibility index (Phi) is 4.97. The molecule has 7 heteroatoms. The molecule has 0 N–H and O–H groups in total. The first-order valence-electron chi connectivity index (χ1n) is 6.94. The third-order valence-electron chi connectivity index (χ3n) is 3.24. The van der Waals surface area contributed by atoms with Gasteiger partial charge in [0.1, 0.15) is 24.9 Å². The van der Waals surface area contributed by atoms with E-state index >= 15 is 0 Å². The molecule has 1 fully saturated rings. The zero-order chi connectivity index (χ0) is 16.3. The number of hydrogen-bond donors (Lipinski definition) is 0. The van der Waals surface area contributed by atoms with E-state index in [-0.39, 0.29) is 6.61 Å². The third-order valence-corrected chi connectivity index (χ3v) is 3.24. The summed E-state index contributed by atoms with van der Waals surface area (Å²) >= 11 is 0. The fourth-order valence-electron chi connectivity index (χ4n) is 2.34. The van der Waals surface area contributed by atoms with Crippen LogP contribution >= 0.6 is 0 Å². The molecule has 2 aliphatic heterocycles. The van der Waals surface area contributed by atoms with Gasteiger partial charge in [0.2, 0.25) is 0 Å². The molecule has 2 rings (SSSR count). The van der Waals surface area contributed by atoms with Crippen LogP contribution in [0, 0.1) is 0 Å². The highest BCUT2D eigenvalue weighted by Crippen LogP contribution is 2.32. The van der Waals surface area contributed by atoms with Gasteiger partial charge in [0, 0.05) is 13.8 Å². The van der Waals surface area contributed by atoms with Gasteiger partial charge >= 0.3 is 17.9 Å². The van der Waals surface area contributed by atoms with E-state index in [4.69, 9.17) is 18.9 Å². The minimum absolute atomic E-state index is 0.0915. The maximum Gasteiger partial charge on any atom is 0.337 e. The Morgan fingerprint density at radius 1 is 1.32 bits per heavy atom. The lowest BCUT2D eigenvalue weighted by Crippen LogP contribution is -2.41. The van der Waals surface area contributed by atoms with Crippen LogP contribution in [-0.4, -0.2) is 48.9 Å². The first kappa shape index (κ1) is 16.2. The van der Waals surface area contributed by atoms with Crippen molar-refractivity contribution >= 4 is 17.9 Å². The van der Waals surface area contributed by atoms with Crippen molar-refractivity contribution in [1.82, 2.24) is 0 Å². The molecule has 2 heterocycles. The van der Waals surface area contributed by atoms with E-state index in [0.717, 1.165) is 0 Å². The second-order valence-corrected chi connectivity index (χ2v) is 5.06. The van der Waals surface area contributed by atoms with Crippen LogP contribution < -0.4 is 0 Å². The van der Waals surface area contributed by atoms with Gasteiger partial charge in [-0.05, 0) is 19.1 Å².